The van der Waals surface area contributed by atoms with Gasteiger partial charge in [-0.15, -0.1) is 0 Å². The number of nitrogen functional groups attached to an aromatic ring is 1. The van der Waals surface area contributed by atoms with Gasteiger partial charge < -0.3 is 25.8 Å². The Morgan fingerprint density at radius 2 is 1.81 bits per heavy atom. The summed E-state index contributed by atoms with van der Waals surface area (Å²) in [6, 6.07) is 18.0. The minimum absolute atomic E-state index is 0.118. The summed E-state index contributed by atoms with van der Waals surface area (Å²) in [5.74, 6) is -1.04. The van der Waals surface area contributed by atoms with E-state index in [1.807, 2.05) is 41.3 Å². The fourth-order valence-corrected chi connectivity index (χ4v) is 6.30. The fraction of sp³-hybridized carbons (Fsp3) is 0.323. The van der Waals surface area contributed by atoms with Crippen LogP contribution in [0.25, 0.3) is 21.9 Å². The van der Waals surface area contributed by atoms with Crippen LogP contribution in [0.2, 0.25) is 5.02 Å². The molecule has 2 fully saturated rings. The highest BCUT2D eigenvalue weighted by Crippen LogP contribution is 2.44. The highest BCUT2D eigenvalue weighted by Gasteiger charge is 2.46. The fourth-order valence-electron chi connectivity index (χ4n) is 6.13. The second-order valence-electron chi connectivity index (χ2n) is 11.2. The van der Waals surface area contributed by atoms with Gasteiger partial charge in [-0.2, -0.15) is 23.1 Å². The largest absolute Gasteiger partial charge is 0.480 e. The van der Waals surface area contributed by atoms with Crippen LogP contribution in [-0.4, -0.2) is 52.9 Å². The van der Waals surface area contributed by atoms with Gasteiger partial charge in [-0.3, -0.25) is 4.79 Å². The van der Waals surface area contributed by atoms with Crippen molar-refractivity contribution in [2.24, 2.45) is 5.41 Å². The van der Waals surface area contributed by atoms with Gasteiger partial charge in [0, 0.05) is 36.3 Å². The second-order valence-corrected chi connectivity index (χ2v) is 11.7. The van der Waals surface area contributed by atoms with Gasteiger partial charge in [-0.05, 0) is 64.8 Å². The number of anilines is 2. The van der Waals surface area contributed by atoms with Crippen LogP contribution in [0.15, 0.2) is 66.7 Å². The number of carboxylic acids is 1. The molecule has 1 aromatic heterocycles. The zero-order valence-corrected chi connectivity index (χ0v) is 23.7. The van der Waals surface area contributed by atoms with E-state index in [-0.39, 0.29) is 33.4 Å². The Kier molecular flexibility index (Phi) is 7.55. The summed E-state index contributed by atoms with van der Waals surface area (Å²) in [6.07, 6.45) is -5.23. The van der Waals surface area contributed by atoms with Crippen molar-refractivity contribution in [3.05, 3.63) is 77.3 Å². The molecule has 0 amide bonds. The smallest absolute Gasteiger partial charge is 0.429 e. The molecule has 3 heterocycles. The number of fused-ring (bicyclic) bond motifs is 1. The molecule has 224 valence electrons. The first-order chi connectivity index (χ1) is 20.5. The molecule has 3 aromatic carbocycles. The zero-order valence-electron chi connectivity index (χ0n) is 22.9. The number of alkyl halides is 3. The average Bonchev–Trinajstić information content (AvgIpc) is 3.39. The number of aliphatic carboxylic acids is 1. The van der Waals surface area contributed by atoms with Crippen LogP contribution in [0.3, 0.4) is 0 Å². The number of carboxylic acid groups (broad SMARTS) is 1. The van der Waals surface area contributed by atoms with Crippen molar-refractivity contribution >= 4 is 40.1 Å². The maximum atomic E-state index is 14.7. The lowest BCUT2D eigenvalue weighted by molar-refractivity contribution is -0.198. The van der Waals surface area contributed by atoms with Crippen LogP contribution in [0.5, 0.6) is 5.88 Å². The molecule has 2 atom stereocenters. The van der Waals surface area contributed by atoms with Crippen molar-refractivity contribution in [3.8, 4) is 17.0 Å². The summed E-state index contributed by atoms with van der Waals surface area (Å²) >= 11 is 6.26. The molecule has 1 unspecified atom stereocenters. The molecule has 2 saturated heterocycles. The molecule has 0 bridgehead atoms. The minimum Gasteiger partial charge on any atom is -0.480 e. The molecular weight excluding hydrogens is 583 g/mol. The number of nitrogens with one attached hydrogen (secondary N) is 1. The van der Waals surface area contributed by atoms with Crippen LogP contribution in [0, 0.1) is 5.41 Å². The Morgan fingerprint density at radius 3 is 2.51 bits per heavy atom. The summed E-state index contributed by atoms with van der Waals surface area (Å²) in [6.45, 7) is 1.68. The summed E-state index contributed by atoms with van der Waals surface area (Å²) in [5, 5.41) is 14.6. The number of halogens is 4. The summed E-state index contributed by atoms with van der Waals surface area (Å²) in [5.41, 5.74) is 6.53. The first kappa shape index (κ1) is 29.0. The molecule has 6 rings (SSSR count). The molecule has 4 N–H and O–H groups in total. The van der Waals surface area contributed by atoms with Gasteiger partial charge in [0.05, 0.1) is 0 Å². The zero-order chi connectivity index (χ0) is 30.4. The van der Waals surface area contributed by atoms with Gasteiger partial charge in [0.25, 0.3) is 0 Å². The summed E-state index contributed by atoms with van der Waals surface area (Å²) < 4.78 is 49.6. The standard InChI is InChI=1S/C31H29ClF3N5O3/c32-21-7-8-22(23(14-21)20-6-5-18-3-1-2-4-19(18)13-20)27(31(33,34)35)43-26-15-25(38-29(36)39-26)40-11-9-30(10-12-40)16-24(28(41)42)37-17-30/h1-8,13-15,24,27,37H,9-12,16-17H2,(H,41,42)(H2,36,38,39)/t24?,27-/m1/s1. The Bertz CT molecular complexity index is 1680. The lowest BCUT2D eigenvalue weighted by Gasteiger charge is -2.39. The van der Waals surface area contributed by atoms with Gasteiger partial charge >= 0.3 is 12.1 Å². The summed E-state index contributed by atoms with van der Waals surface area (Å²) in [7, 11) is 0. The topological polar surface area (TPSA) is 114 Å². The van der Waals surface area contributed by atoms with Crippen molar-refractivity contribution in [3.63, 3.8) is 0 Å². The van der Waals surface area contributed by atoms with Crippen LogP contribution < -0.4 is 20.7 Å². The van der Waals surface area contributed by atoms with Crippen molar-refractivity contribution in [1.29, 1.82) is 0 Å². The van der Waals surface area contributed by atoms with E-state index in [2.05, 4.69) is 15.3 Å². The Balaban J connectivity index is 1.29. The number of benzene rings is 3. The predicted octanol–water partition coefficient (Wildman–Crippen LogP) is 6.25. The number of rotatable bonds is 6. The second kappa shape index (κ2) is 11.2. The van der Waals surface area contributed by atoms with Gasteiger partial charge in [0.2, 0.25) is 17.9 Å². The van der Waals surface area contributed by atoms with Gasteiger partial charge in [0.15, 0.2) is 0 Å². The molecule has 12 heteroatoms. The van der Waals surface area contributed by atoms with E-state index in [1.165, 1.54) is 24.3 Å². The van der Waals surface area contributed by atoms with Crippen LogP contribution in [0.4, 0.5) is 24.9 Å². The van der Waals surface area contributed by atoms with E-state index in [1.54, 1.807) is 6.07 Å². The molecule has 2 aliphatic rings. The van der Waals surface area contributed by atoms with E-state index >= 15 is 0 Å². The number of aromatic nitrogens is 2. The molecule has 8 nitrogen and oxygen atoms in total. The van der Waals surface area contributed by atoms with Crippen LogP contribution >= 0.6 is 11.6 Å². The SMILES string of the molecule is Nc1nc(O[C@H](c2ccc(Cl)cc2-c2ccc3ccccc3c2)C(F)(F)F)cc(N2CCC3(CC2)CNC(C(=O)O)C3)n1. The molecule has 43 heavy (non-hydrogen) atoms. The first-order valence-corrected chi connectivity index (χ1v) is 14.3. The van der Waals surface area contributed by atoms with Gasteiger partial charge in [-0.1, -0.05) is 54.1 Å². The normalized spacial score (nSPS) is 19.1. The van der Waals surface area contributed by atoms with Crippen LogP contribution in [0.1, 0.15) is 30.9 Å². The minimum atomic E-state index is -4.80. The maximum absolute atomic E-state index is 14.7. The van der Waals surface area contributed by atoms with Crippen molar-refractivity contribution in [1.82, 2.24) is 15.3 Å². The number of hydrogen-bond donors (Lipinski definition) is 3. The maximum Gasteiger partial charge on any atom is 0.429 e. The van der Waals surface area contributed by atoms with Crippen molar-refractivity contribution < 1.29 is 27.8 Å². The monoisotopic (exact) mass is 611 g/mol. The van der Waals surface area contributed by atoms with E-state index in [0.717, 1.165) is 10.8 Å². The third kappa shape index (κ3) is 6.05. The molecule has 4 aromatic rings. The molecule has 0 aliphatic carbocycles. The quantitative estimate of drug-likeness (QED) is 0.235. The number of carbonyl (C=O) groups is 1. The molecule has 0 radical (unpaired) electrons. The van der Waals surface area contributed by atoms with E-state index in [9.17, 15) is 23.1 Å². The average molecular weight is 612 g/mol. The molecular formula is C31H29ClF3N5O3. The third-order valence-electron chi connectivity index (χ3n) is 8.41. The number of ether oxygens (including phenoxy) is 1. The highest BCUT2D eigenvalue weighted by molar-refractivity contribution is 6.30. The molecule has 1 spiro atoms. The number of nitrogens with two attached hydrogens (primary N) is 1. The van der Waals surface area contributed by atoms with E-state index < -0.39 is 24.3 Å². The Labute approximate surface area is 250 Å². The third-order valence-corrected chi connectivity index (χ3v) is 8.64. The van der Waals surface area contributed by atoms with Crippen molar-refractivity contribution in [2.75, 3.05) is 30.3 Å². The predicted molar refractivity (Wildman–Crippen MR) is 158 cm³/mol. The lowest BCUT2D eigenvalue weighted by atomic mass is 9.76. The molecule has 2 aliphatic heterocycles. The number of hydrogen-bond acceptors (Lipinski definition) is 7. The van der Waals surface area contributed by atoms with E-state index in [4.69, 9.17) is 22.1 Å². The lowest BCUT2D eigenvalue weighted by Crippen LogP contribution is -2.41. The first-order valence-electron chi connectivity index (χ1n) is 13.9. The Hall–Kier alpha value is -4.09. The van der Waals surface area contributed by atoms with Gasteiger partial charge in [-0.25, -0.2) is 0 Å². The Morgan fingerprint density at radius 1 is 1.07 bits per heavy atom. The number of piperidine rings is 1. The van der Waals surface area contributed by atoms with Crippen molar-refractivity contribution in [2.45, 2.75) is 37.6 Å². The highest BCUT2D eigenvalue weighted by atomic mass is 35.5. The summed E-state index contributed by atoms with van der Waals surface area (Å²) in [4.78, 5) is 21.6. The van der Waals surface area contributed by atoms with Crippen LogP contribution in [-0.2, 0) is 4.79 Å². The van der Waals surface area contributed by atoms with Gasteiger partial charge in [0.1, 0.15) is 11.9 Å². The van der Waals surface area contributed by atoms with E-state index in [0.29, 0.717) is 50.3 Å². The number of nitrogens with zero attached hydrogens (tertiary/aromatic N) is 3. The molecule has 0 saturated carbocycles.